The highest BCUT2D eigenvalue weighted by molar-refractivity contribution is 5.40. The van der Waals surface area contributed by atoms with E-state index in [4.69, 9.17) is 11.0 Å². The smallest absolute Gasteiger partial charge is 0.142 e. The lowest BCUT2D eigenvalue weighted by atomic mass is 10.1. The molecule has 1 rings (SSSR count). The zero-order valence-electron chi connectivity index (χ0n) is 8.41. The first-order valence-electron chi connectivity index (χ1n) is 4.43. The molecule has 0 fully saturated rings. The van der Waals surface area contributed by atoms with Gasteiger partial charge in [0.25, 0.3) is 0 Å². The second-order valence-electron chi connectivity index (χ2n) is 3.73. The lowest BCUT2D eigenvalue weighted by Crippen LogP contribution is -2.39. The second kappa shape index (κ2) is 4.07. The normalized spacial score (nSPS) is 10.7. The molecular formula is C10H14N4. The monoisotopic (exact) mass is 190 g/mol. The molecule has 3 N–H and O–H groups in total. The summed E-state index contributed by atoms with van der Waals surface area (Å²) in [7, 11) is 0. The van der Waals surface area contributed by atoms with Crippen molar-refractivity contribution in [2.24, 2.45) is 5.73 Å². The number of nitriles is 1. The molecule has 0 aromatic carbocycles. The van der Waals surface area contributed by atoms with Gasteiger partial charge in [-0.1, -0.05) is 6.07 Å². The molecule has 0 saturated carbocycles. The van der Waals surface area contributed by atoms with Crippen LogP contribution in [0.15, 0.2) is 18.2 Å². The lowest BCUT2D eigenvalue weighted by Gasteiger charge is -2.24. The van der Waals surface area contributed by atoms with Crippen LogP contribution in [-0.4, -0.2) is 17.1 Å². The fourth-order valence-corrected chi connectivity index (χ4v) is 0.964. The minimum atomic E-state index is -0.207. The van der Waals surface area contributed by atoms with Crippen LogP contribution < -0.4 is 11.1 Å². The molecule has 0 saturated heterocycles. The zero-order chi connectivity index (χ0) is 10.6. The van der Waals surface area contributed by atoms with E-state index in [0.29, 0.717) is 18.1 Å². The molecule has 1 heterocycles. The van der Waals surface area contributed by atoms with Crippen molar-refractivity contribution in [1.82, 2.24) is 4.98 Å². The van der Waals surface area contributed by atoms with Crippen LogP contribution in [0.4, 0.5) is 5.82 Å². The van der Waals surface area contributed by atoms with Crippen LogP contribution in [0.25, 0.3) is 0 Å². The average molecular weight is 190 g/mol. The Morgan fingerprint density at radius 3 is 2.86 bits per heavy atom. The molecule has 0 amide bonds. The van der Waals surface area contributed by atoms with E-state index in [0.717, 1.165) is 0 Å². The molecule has 4 heteroatoms. The maximum Gasteiger partial charge on any atom is 0.142 e. The maximum atomic E-state index is 8.65. The van der Waals surface area contributed by atoms with Gasteiger partial charge in [0.2, 0.25) is 0 Å². The van der Waals surface area contributed by atoms with Gasteiger partial charge in [0.05, 0.1) is 0 Å². The Hall–Kier alpha value is -1.60. The summed E-state index contributed by atoms with van der Waals surface area (Å²) in [6, 6.07) is 7.27. The van der Waals surface area contributed by atoms with Crippen LogP contribution in [0, 0.1) is 11.3 Å². The topological polar surface area (TPSA) is 74.7 Å². The van der Waals surface area contributed by atoms with Crippen molar-refractivity contribution in [3.8, 4) is 6.07 Å². The van der Waals surface area contributed by atoms with Crippen LogP contribution in [0.3, 0.4) is 0 Å². The predicted octanol–water partition coefficient (Wildman–Crippen LogP) is 1.10. The minimum Gasteiger partial charge on any atom is -0.364 e. The fourth-order valence-electron chi connectivity index (χ4n) is 0.964. The van der Waals surface area contributed by atoms with Gasteiger partial charge in [-0.25, -0.2) is 4.98 Å². The summed E-state index contributed by atoms with van der Waals surface area (Å²) < 4.78 is 0. The third kappa shape index (κ3) is 2.71. The lowest BCUT2D eigenvalue weighted by molar-refractivity contribution is 0.577. The summed E-state index contributed by atoms with van der Waals surface area (Å²) in [5.41, 5.74) is 5.77. The standard InChI is InChI=1S/C10H14N4/c1-10(2,7-12)14-9-5-3-4-8(6-11)13-9/h3-5H,7,12H2,1-2H3,(H,13,14). The molecular weight excluding hydrogens is 176 g/mol. The average Bonchev–Trinajstić information content (AvgIpc) is 2.17. The number of hydrogen-bond acceptors (Lipinski definition) is 4. The summed E-state index contributed by atoms with van der Waals surface area (Å²) in [4.78, 5) is 4.10. The Kier molecular flexibility index (Phi) is 3.05. The van der Waals surface area contributed by atoms with Crippen molar-refractivity contribution >= 4 is 5.82 Å². The third-order valence-electron chi connectivity index (χ3n) is 1.84. The van der Waals surface area contributed by atoms with Gasteiger partial charge >= 0.3 is 0 Å². The minimum absolute atomic E-state index is 0.207. The van der Waals surface area contributed by atoms with E-state index in [2.05, 4.69) is 10.3 Å². The molecule has 0 aliphatic carbocycles. The predicted molar refractivity (Wildman–Crippen MR) is 55.7 cm³/mol. The number of nitrogens with one attached hydrogen (secondary N) is 1. The van der Waals surface area contributed by atoms with Gasteiger partial charge in [-0.2, -0.15) is 5.26 Å². The number of pyridine rings is 1. The molecule has 0 aliphatic heterocycles. The van der Waals surface area contributed by atoms with E-state index in [9.17, 15) is 0 Å². The summed E-state index contributed by atoms with van der Waals surface area (Å²) in [6.07, 6.45) is 0. The van der Waals surface area contributed by atoms with Gasteiger partial charge < -0.3 is 11.1 Å². The van der Waals surface area contributed by atoms with Crippen molar-refractivity contribution < 1.29 is 0 Å². The molecule has 1 aromatic heterocycles. The number of nitrogens with two attached hydrogens (primary N) is 1. The molecule has 0 atom stereocenters. The van der Waals surface area contributed by atoms with Gasteiger partial charge in [0.15, 0.2) is 0 Å². The van der Waals surface area contributed by atoms with Crippen LogP contribution in [-0.2, 0) is 0 Å². The molecule has 1 aromatic rings. The Balaban J connectivity index is 2.83. The third-order valence-corrected chi connectivity index (χ3v) is 1.84. The molecule has 74 valence electrons. The molecule has 0 unspecified atom stereocenters. The largest absolute Gasteiger partial charge is 0.364 e. The van der Waals surface area contributed by atoms with Gasteiger partial charge in [-0.05, 0) is 26.0 Å². The van der Waals surface area contributed by atoms with E-state index >= 15 is 0 Å². The summed E-state index contributed by atoms with van der Waals surface area (Å²) in [6.45, 7) is 4.47. The van der Waals surface area contributed by atoms with Gasteiger partial charge in [-0.15, -0.1) is 0 Å². The Morgan fingerprint density at radius 1 is 1.57 bits per heavy atom. The molecule has 0 bridgehead atoms. The number of aromatic nitrogens is 1. The maximum absolute atomic E-state index is 8.65. The van der Waals surface area contributed by atoms with Crippen LogP contribution >= 0.6 is 0 Å². The number of hydrogen-bond donors (Lipinski definition) is 2. The Morgan fingerprint density at radius 2 is 2.29 bits per heavy atom. The zero-order valence-corrected chi connectivity index (χ0v) is 8.41. The van der Waals surface area contributed by atoms with Crippen LogP contribution in [0.2, 0.25) is 0 Å². The summed E-state index contributed by atoms with van der Waals surface area (Å²) in [5, 5.41) is 11.8. The highest BCUT2D eigenvalue weighted by Gasteiger charge is 2.15. The first kappa shape index (κ1) is 10.5. The van der Waals surface area contributed by atoms with E-state index in [1.807, 2.05) is 26.0 Å². The van der Waals surface area contributed by atoms with E-state index < -0.39 is 0 Å². The quantitative estimate of drug-likeness (QED) is 0.748. The van der Waals surface area contributed by atoms with Gasteiger partial charge in [0.1, 0.15) is 17.6 Å². The second-order valence-corrected chi connectivity index (χ2v) is 3.73. The summed E-state index contributed by atoms with van der Waals surface area (Å²) >= 11 is 0. The van der Waals surface area contributed by atoms with Gasteiger partial charge in [0, 0.05) is 12.1 Å². The molecule has 14 heavy (non-hydrogen) atoms. The molecule has 0 spiro atoms. The first-order chi connectivity index (χ1) is 6.57. The molecule has 0 aliphatic rings. The van der Waals surface area contributed by atoms with Crippen molar-refractivity contribution in [3.63, 3.8) is 0 Å². The SMILES string of the molecule is CC(C)(CN)Nc1cccc(C#N)n1. The van der Waals surface area contributed by atoms with Crippen LogP contribution in [0.5, 0.6) is 0 Å². The number of nitrogens with zero attached hydrogens (tertiary/aromatic N) is 2. The highest BCUT2D eigenvalue weighted by atomic mass is 15.1. The fraction of sp³-hybridized carbons (Fsp3) is 0.400. The van der Waals surface area contributed by atoms with Crippen molar-refractivity contribution in [2.45, 2.75) is 19.4 Å². The first-order valence-corrected chi connectivity index (χ1v) is 4.43. The Labute approximate surface area is 83.8 Å². The van der Waals surface area contributed by atoms with E-state index in [1.54, 1.807) is 12.1 Å². The van der Waals surface area contributed by atoms with E-state index in [1.165, 1.54) is 0 Å². The molecule has 0 radical (unpaired) electrons. The van der Waals surface area contributed by atoms with Crippen molar-refractivity contribution in [2.75, 3.05) is 11.9 Å². The van der Waals surface area contributed by atoms with Crippen LogP contribution in [0.1, 0.15) is 19.5 Å². The van der Waals surface area contributed by atoms with Crippen molar-refractivity contribution in [3.05, 3.63) is 23.9 Å². The number of rotatable bonds is 3. The number of anilines is 1. The van der Waals surface area contributed by atoms with E-state index in [-0.39, 0.29) is 5.54 Å². The van der Waals surface area contributed by atoms with Gasteiger partial charge in [-0.3, -0.25) is 0 Å². The molecule has 4 nitrogen and oxygen atoms in total. The highest BCUT2D eigenvalue weighted by Crippen LogP contribution is 2.11. The Bertz CT molecular complexity index is 351. The van der Waals surface area contributed by atoms with Crippen molar-refractivity contribution in [1.29, 1.82) is 5.26 Å². The summed E-state index contributed by atoms with van der Waals surface area (Å²) in [5.74, 6) is 0.680.